The molecule has 22 heavy (non-hydrogen) atoms. The Morgan fingerprint density at radius 3 is 2.45 bits per heavy atom. The minimum atomic E-state index is -3.80. The Morgan fingerprint density at radius 1 is 1.27 bits per heavy atom. The van der Waals surface area contributed by atoms with E-state index in [2.05, 4.69) is 12.2 Å². The van der Waals surface area contributed by atoms with Crippen molar-refractivity contribution in [3.63, 3.8) is 0 Å². The van der Waals surface area contributed by atoms with E-state index in [1.165, 1.54) is 6.07 Å². The van der Waals surface area contributed by atoms with Gasteiger partial charge in [-0.05, 0) is 37.0 Å². The summed E-state index contributed by atoms with van der Waals surface area (Å²) in [5.74, 6) is -0.121. The van der Waals surface area contributed by atoms with Crippen molar-refractivity contribution in [1.29, 1.82) is 0 Å². The second kappa shape index (κ2) is 8.29. The molecular formula is C16H26N2O3S. The molecule has 0 aliphatic heterocycles. The van der Waals surface area contributed by atoms with E-state index in [1.807, 2.05) is 13.8 Å². The first-order valence-corrected chi connectivity index (χ1v) is 9.34. The summed E-state index contributed by atoms with van der Waals surface area (Å²) in [5.41, 5.74) is 1.12. The Kier molecular flexibility index (Phi) is 7.03. The van der Waals surface area contributed by atoms with Crippen LogP contribution in [0.5, 0.6) is 0 Å². The van der Waals surface area contributed by atoms with Crippen molar-refractivity contribution in [2.45, 2.75) is 57.8 Å². The van der Waals surface area contributed by atoms with Gasteiger partial charge in [0.25, 0.3) is 0 Å². The zero-order chi connectivity index (χ0) is 16.8. The number of benzene rings is 1. The maximum Gasteiger partial charge on any atom is 0.238 e. The van der Waals surface area contributed by atoms with Crippen LogP contribution in [-0.4, -0.2) is 14.3 Å². The molecule has 0 aliphatic rings. The molecule has 1 rings (SSSR count). The molecule has 0 heterocycles. The van der Waals surface area contributed by atoms with Crippen LogP contribution in [0.15, 0.2) is 23.1 Å². The zero-order valence-electron chi connectivity index (χ0n) is 13.6. The van der Waals surface area contributed by atoms with Crippen molar-refractivity contribution in [1.82, 2.24) is 0 Å². The maximum absolute atomic E-state index is 12.3. The minimum absolute atomic E-state index is 0.0521. The van der Waals surface area contributed by atoms with Gasteiger partial charge < -0.3 is 5.32 Å². The topological polar surface area (TPSA) is 89.3 Å². The van der Waals surface area contributed by atoms with Crippen LogP contribution >= 0.6 is 0 Å². The van der Waals surface area contributed by atoms with Gasteiger partial charge in [-0.25, -0.2) is 13.6 Å². The summed E-state index contributed by atoms with van der Waals surface area (Å²) >= 11 is 0. The molecule has 0 saturated heterocycles. The van der Waals surface area contributed by atoms with Gasteiger partial charge >= 0.3 is 0 Å². The molecule has 5 nitrogen and oxygen atoms in total. The van der Waals surface area contributed by atoms with Crippen LogP contribution in [0.25, 0.3) is 0 Å². The van der Waals surface area contributed by atoms with Crippen LogP contribution < -0.4 is 10.5 Å². The fraction of sp³-hybridized carbons (Fsp3) is 0.562. The molecule has 1 amide bonds. The molecule has 0 aromatic heterocycles. The van der Waals surface area contributed by atoms with E-state index < -0.39 is 10.0 Å². The van der Waals surface area contributed by atoms with Gasteiger partial charge in [-0.15, -0.1) is 0 Å². The van der Waals surface area contributed by atoms with E-state index in [0.717, 1.165) is 25.7 Å². The van der Waals surface area contributed by atoms with E-state index >= 15 is 0 Å². The largest absolute Gasteiger partial charge is 0.326 e. The van der Waals surface area contributed by atoms with Gasteiger partial charge in [0.1, 0.15) is 0 Å². The van der Waals surface area contributed by atoms with Gasteiger partial charge in [0.2, 0.25) is 15.9 Å². The van der Waals surface area contributed by atoms with Gasteiger partial charge in [-0.3, -0.25) is 4.79 Å². The van der Waals surface area contributed by atoms with E-state index in [1.54, 1.807) is 12.1 Å². The molecular weight excluding hydrogens is 300 g/mol. The van der Waals surface area contributed by atoms with Crippen LogP contribution in [0.3, 0.4) is 0 Å². The Hall–Kier alpha value is -1.40. The molecule has 1 unspecified atom stereocenters. The lowest BCUT2D eigenvalue weighted by atomic mass is 9.98. The Bertz CT molecular complexity index is 612. The number of sulfonamides is 1. The molecule has 1 atom stereocenters. The van der Waals surface area contributed by atoms with Crippen LogP contribution in [0.2, 0.25) is 0 Å². The Balaban J connectivity index is 2.96. The smallest absolute Gasteiger partial charge is 0.238 e. The highest BCUT2D eigenvalue weighted by molar-refractivity contribution is 7.89. The van der Waals surface area contributed by atoms with Crippen molar-refractivity contribution in [3.8, 4) is 0 Å². The second-order valence-corrected chi connectivity index (χ2v) is 6.99. The lowest BCUT2D eigenvalue weighted by Crippen LogP contribution is -2.23. The third kappa shape index (κ3) is 5.10. The summed E-state index contributed by atoms with van der Waals surface area (Å²) in [6.07, 6.45) is 4.22. The van der Waals surface area contributed by atoms with E-state index in [-0.39, 0.29) is 16.7 Å². The van der Waals surface area contributed by atoms with Crippen molar-refractivity contribution in [2.75, 3.05) is 5.32 Å². The standard InChI is InChI=1S/C16H26N2O3S/c1-4-7-8-13(6-3)16(19)18-14-10-9-12(5-2)15(11-14)22(17,20)21/h9-11,13H,4-8H2,1-3H3,(H,18,19)(H2,17,20,21). The number of unbranched alkanes of at least 4 members (excludes halogenated alkanes) is 1. The number of nitrogens with one attached hydrogen (secondary N) is 1. The third-order valence-electron chi connectivity index (χ3n) is 3.79. The first kappa shape index (κ1) is 18.6. The highest BCUT2D eigenvalue weighted by Gasteiger charge is 2.18. The molecule has 124 valence electrons. The summed E-state index contributed by atoms with van der Waals surface area (Å²) in [4.78, 5) is 12.4. The predicted octanol–water partition coefficient (Wildman–Crippen LogP) is 3.05. The van der Waals surface area contributed by atoms with Crippen LogP contribution in [-0.2, 0) is 21.2 Å². The molecule has 6 heteroatoms. The van der Waals surface area contributed by atoms with Crippen LogP contribution in [0.4, 0.5) is 5.69 Å². The van der Waals surface area contributed by atoms with Crippen molar-refractivity contribution >= 4 is 21.6 Å². The number of amides is 1. The molecule has 3 N–H and O–H groups in total. The van der Waals surface area contributed by atoms with Crippen molar-refractivity contribution < 1.29 is 13.2 Å². The predicted molar refractivity (Wildman–Crippen MR) is 89.1 cm³/mol. The number of carbonyl (C=O) groups is 1. The number of hydrogen-bond acceptors (Lipinski definition) is 3. The zero-order valence-corrected chi connectivity index (χ0v) is 14.4. The highest BCUT2D eigenvalue weighted by Crippen LogP contribution is 2.22. The molecule has 0 radical (unpaired) electrons. The quantitative estimate of drug-likeness (QED) is 0.769. The fourth-order valence-corrected chi connectivity index (χ4v) is 3.27. The molecule has 0 fully saturated rings. The molecule has 1 aromatic carbocycles. The highest BCUT2D eigenvalue weighted by atomic mass is 32.2. The number of carbonyl (C=O) groups excluding carboxylic acids is 1. The van der Waals surface area contributed by atoms with Crippen LogP contribution in [0.1, 0.15) is 52.0 Å². The number of primary sulfonamides is 1. The second-order valence-electron chi connectivity index (χ2n) is 5.46. The van der Waals surface area contributed by atoms with Crippen molar-refractivity contribution in [2.24, 2.45) is 11.1 Å². The summed E-state index contributed by atoms with van der Waals surface area (Å²) in [7, 11) is -3.80. The van der Waals surface area contributed by atoms with Crippen molar-refractivity contribution in [3.05, 3.63) is 23.8 Å². The first-order valence-electron chi connectivity index (χ1n) is 7.80. The SMILES string of the molecule is CCCCC(CC)C(=O)Nc1ccc(CC)c(S(N)(=O)=O)c1. The summed E-state index contributed by atoms with van der Waals surface area (Å²) in [5, 5.41) is 8.05. The van der Waals surface area contributed by atoms with Gasteiger partial charge in [0, 0.05) is 11.6 Å². The Morgan fingerprint density at radius 2 is 1.95 bits per heavy atom. The molecule has 0 bridgehead atoms. The minimum Gasteiger partial charge on any atom is -0.326 e. The molecule has 0 spiro atoms. The molecule has 1 aromatic rings. The maximum atomic E-state index is 12.3. The number of rotatable bonds is 8. The van der Waals surface area contributed by atoms with Crippen LogP contribution in [0, 0.1) is 5.92 Å². The van der Waals surface area contributed by atoms with E-state index in [9.17, 15) is 13.2 Å². The summed E-state index contributed by atoms with van der Waals surface area (Å²) < 4.78 is 23.3. The summed E-state index contributed by atoms with van der Waals surface area (Å²) in [6.45, 7) is 5.93. The first-order chi connectivity index (χ1) is 10.3. The number of anilines is 1. The normalized spacial score (nSPS) is 12.9. The number of nitrogens with two attached hydrogens (primary N) is 1. The Labute approximate surface area is 133 Å². The number of aryl methyl sites for hydroxylation is 1. The molecule has 0 aliphatic carbocycles. The third-order valence-corrected chi connectivity index (χ3v) is 4.78. The van der Waals surface area contributed by atoms with Gasteiger partial charge in [0.15, 0.2) is 0 Å². The average Bonchev–Trinajstić information content (AvgIpc) is 2.47. The lowest BCUT2D eigenvalue weighted by molar-refractivity contribution is -0.120. The number of hydrogen-bond donors (Lipinski definition) is 2. The molecule has 0 saturated carbocycles. The van der Waals surface area contributed by atoms with E-state index in [0.29, 0.717) is 17.7 Å². The fourth-order valence-electron chi connectivity index (χ4n) is 2.40. The lowest BCUT2D eigenvalue weighted by Gasteiger charge is -2.15. The van der Waals surface area contributed by atoms with Gasteiger partial charge in [-0.1, -0.05) is 39.7 Å². The van der Waals surface area contributed by atoms with Gasteiger partial charge in [0.05, 0.1) is 4.90 Å². The monoisotopic (exact) mass is 326 g/mol. The van der Waals surface area contributed by atoms with E-state index in [4.69, 9.17) is 5.14 Å². The van der Waals surface area contributed by atoms with Gasteiger partial charge in [-0.2, -0.15) is 0 Å². The summed E-state index contributed by atoms with van der Waals surface area (Å²) in [6, 6.07) is 4.86. The average molecular weight is 326 g/mol.